The van der Waals surface area contributed by atoms with Crippen LogP contribution in [0.3, 0.4) is 0 Å². The first-order chi connectivity index (χ1) is 11.5. The molecule has 0 spiro atoms. The summed E-state index contributed by atoms with van der Waals surface area (Å²) < 4.78 is 25.0. The van der Waals surface area contributed by atoms with E-state index in [0.29, 0.717) is 5.75 Å². The number of rotatable bonds is 6. The van der Waals surface area contributed by atoms with Crippen molar-refractivity contribution in [1.29, 1.82) is 0 Å². The zero-order valence-corrected chi connectivity index (χ0v) is 13.5. The van der Waals surface area contributed by atoms with E-state index >= 15 is 0 Å². The molecular weight excluding hydrogens is 322 g/mol. The average Bonchev–Trinajstić information content (AvgIpc) is 3.03. The smallest absolute Gasteiger partial charge is 0.416 e. The molecule has 0 aromatic heterocycles. The SMILES string of the molecule is COc1cc(C(=O)OCC(=O)N2CCOC2=O)cc(OC)c1OC. The maximum absolute atomic E-state index is 12.1. The van der Waals surface area contributed by atoms with E-state index in [-0.39, 0.29) is 30.2 Å². The minimum Gasteiger partial charge on any atom is -0.493 e. The summed E-state index contributed by atoms with van der Waals surface area (Å²) in [6.07, 6.45) is -0.746. The quantitative estimate of drug-likeness (QED) is 0.703. The summed E-state index contributed by atoms with van der Waals surface area (Å²) in [5.41, 5.74) is 0.112. The van der Waals surface area contributed by atoms with E-state index in [4.69, 9.17) is 18.9 Å². The predicted molar refractivity (Wildman–Crippen MR) is 79.4 cm³/mol. The van der Waals surface area contributed by atoms with Crippen LogP contribution in [0.2, 0.25) is 0 Å². The Morgan fingerprint density at radius 2 is 1.75 bits per heavy atom. The Bertz CT molecular complexity index is 632. The van der Waals surface area contributed by atoms with Crippen LogP contribution in [0.1, 0.15) is 10.4 Å². The lowest BCUT2D eigenvalue weighted by atomic mass is 10.2. The van der Waals surface area contributed by atoms with Gasteiger partial charge in [-0.1, -0.05) is 0 Å². The zero-order chi connectivity index (χ0) is 17.7. The number of imide groups is 1. The first-order valence-electron chi connectivity index (χ1n) is 6.96. The van der Waals surface area contributed by atoms with E-state index in [2.05, 4.69) is 4.74 Å². The summed E-state index contributed by atoms with van der Waals surface area (Å²) in [4.78, 5) is 36.1. The minimum atomic E-state index is -0.768. The van der Waals surface area contributed by atoms with E-state index in [0.717, 1.165) is 4.90 Å². The summed E-state index contributed by atoms with van der Waals surface area (Å²) >= 11 is 0. The Morgan fingerprint density at radius 1 is 1.12 bits per heavy atom. The van der Waals surface area contributed by atoms with Crippen molar-refractivity contribution in [3.63, 3.8) is 0 Å². The maximum Gasteiger partial charge on any atom is 0.416 e. The number of amides is 2. The molecule has 2 amide bonds. The predicted octanol–water partition coefficient (Wildman–Crippen LogP) is 0.848. The van der Waals surface area contributed by atoms with Crippen LogP contribution in [-0.2, 0) is 14.3 Å². The van der Waals surface area contributed by atoms with Gasteiger partial charge in [-0.25, -0.2) is 14.5 Å². The highest BCUT2D eigenvalue weighted by molar-refractivity contribution is 5.96. The zero-order valence-electron chi connectivity index (χ0n) is 13.5. The number of benzene rings is 1. The lowest BCUT2D eigenvalue weighted by Crippen LogP contribution is -2.35. The molecule has 0 bridgehead atoms. The van der Waals surface area contributed by atoms with Crippen LogP contribution in [0.5, 0.6) is 17.2 Å². The minimum absolute atomic E-state index is 0.112. The summed E-state index contributed by atoms with van der Waals surface area (Å²) in [7, 11) is 4.26. The first-order valence-corrected chi connectivity index (χ1v) is 6.96. The second-order valence-corrected chi connectivity index (χ2v) is 4.65. The molecule has 0 N–H and O–H groups in total. The van der Waals surface area contributed by atoms with Crippen LogP contribution in [0, 0.1) is 0 Å². The van der Waals surface area contributed by atoms with Gasteiger partial charge in [0, 0.05) is 0 Å². The van der Waals surface area contributed by atoms with Gasteiger partial charge in [0.15, 0.2) is 18.1 Å². The van der Waals surface area contributed by atoms with Gasteiger partial charge < -0.3 is 23.7 Å². The van der Waals surface area contributed by atoms with Crippen LogP contribution in [-0.4, -0.2) is 64.0 Å². The Kier molecular flexibility index (Phi) is 5.46. The highest BCUT2D eigenvalue weighted by Crippen LogP contribution is 2.38. The molecule has 0 aliphatic carbocycles. The monoisotopic (exact) mass is 339 g/mol. The van der Waals surface area contributed by atoms with Gasteiger partial charge in [-0.3, -0.25) is 4.79 Å². The van der Waals surface area contributed by atoms with Crippen molar-refractivity contribution in [2.45, 2.75) is 0 Å². The number of ether oxygens (including phenoxy) is 5. The van der Waals surface area contributed by atoms with Gasteiger partial charge >= 0.3 is 12.1 Å². The van der Waals surface area contributed by atoms with Crippen LogP contribution in [0.15, 0.2) is 12.1 Å². The second kappa shape index (κ2) is 7.53. The van der Waals surface area contributed by atoms with E-state index in [9.17, 15) is 14.4 Å². The lowest BCUT2D eigenvalue weighted by Gasteiger charge is -2.14. The second-order valence-electron chi connectivity index (χ2n) is 4.65. The van der Waals surface area contributed by atoms with Gasteiger partial charge in [0.2, 0.25) is 5.75 Å². The first kappa shape index (κ1) is 17.4. The third-order valence-corrected chi connectivity index (χ3v) is 3.29. The Balaban J connectivity index is 2.09. The van der Waals surface area contributed by atoms with Crippen molar-refractivity contribution in [2.75, 3.05) is 41.1 Å². The highest BCUT2D eigenvalue weighted by atomic mass is 16.6. The Morgan fingerprint density at radius 3 is 2.21 bits per heavy atom. The highest BCUT2D eigenvalue weighted by Gasteiger charge is 2.29. The number of carbonyl (C=O) groups is 3. The molecule has 0 saturated carbocycles. The van der Waals surface area contributed by atoms with Crippen molar-refractivity contribution < 1.29 is 38.1 Å². The molecule has 1 saturated heterocycles. The summed E-state index contributed by atoms with van der Waals surface area (Å²) in [5.74, 6) is -0.544. The molecule has 1 aromatic carbocycles. The van der Waals surface area contributed by atoms with Crippen molar-refractivity contribution in [2.24, 2.45) is 0 Å². The van der Waals surface area contributed by atoms with Crippen LogP contribution < -0.4 is 14.2 Å². The average molecular weight is 339 g/mol. The molecule has 9 heteroatoms. The molecule has 130 valence electrons. The maximum atomic E-state index is 12.1. The van der Waals surface area contributed by atoms with Gasteiger partial charge in [0.25, 0.3) is 5.91 Å². The molecule has 0 unspecified atom stereocenters. The van der Waals surface area contributed by atoms with Crippen LogP contribution in [0.25, 0.3) is 0 Å². The fourth-order valence-corrected chi connectivity index (χ4v) is 2.11. The van der Waals surface area contributed by atoms with Crippen LogP contribution in [0.4, 0.5) is 4.79 Å². The number of carbonyl (C=O) groups excluding carboxylic acids is 3. The van der Waals surface area contributed by atoms with Crippen molar-refractivity contribution in [3.05, 3.63) is 17.7 Å². The number of esters is 1. The van der Waals surface area contributed by atoms with Crippen molar-refractivity contribution in [1.82, 2.24) is 4.90 Å². The summed E-state index contributed by atoms with van der Waals surface area (Å²) in [6.45, 7) is -0.310. The van der Waals surface area contributed by atoms with E-state index < -0.39 is 24.6 Å². The number of cyclic esters (lactones) is 1. The van der Waals surface area contributed by atoms with Crippen molar-refractivity contribution >= 4 is 18.0 Å². The standard InChI is InChI=1S/C15H17NO8/c1-20-10-6-9(7-11(21-2)13(10)22-3)14(18)24-8-12(17)16-4-5-23-15(16)19/h6-7H,4-5,8H2,1-3H3. The van der Waals surface area contributed by atoms with Gasteiger partial charge in [-0.2, -0.15) is 0 Å². The fraction of sp³-hybridized carbons (Fsp3) is 0.400. The van der Waals surface area contributed by atoms with Crippen molar-refractivity contribution in [3.8, 4) is 17.2 Å². The van der Waals surface area contributed by atoms with Gasteiger partial charge in [0.05, 0.1) is 33.4 Å². The molecule has 0 atom stereocenters. The molecular formula is C15H17NO8. The number of methoxy groups -OCH3 is 3. The van der Waals surface area contributed by atoms with Gasteiger partial charge in [0.1, 0.15) is 6.61 Å². The molecule has 9 nitrogen and oxygen atoms in total. The third kappa shape index (κ3) is 3.50. The van der Waals surface area contributed by atoms with E-state index in [1.165, 1.54) is 33.5 Å². The third-order valence-electron chi connectivity index (χ3n) is 3.29. The number of nitrogens with zero attached hydrogens (tertiary/aromatic N) is 1. The summed E-state index contributed by atoms with van der Waals surface area (Å²) in [5, 5.41) is 0. The lowest BCUT2D eigenvalue weighted by molar-refractivity contribution is -0.131. The normalized spacial score (nSPS) is 13.3. The molecule has 1 aliphatic heterocycles. The molecule has 0 radical (unpaired) electrons. The Hall–Kier alpha value is -2.97. The van der Waals surface area contributed by atoms with E-state index in [1.54, 1.807) is 0 Å². The molecule has 1 aromatic rings. The topological polar surface area (TPSA) is 101 Å². The molecule has 24 heavy (non-hydrogen) atoms. The molecule has 1 aliphatic rings. The largest absolute Gasteiger partial charge is 0.493 e. The van der Waals surface area contributed by atoms with E-state index in [1.807, 2.05) is 0 Å². The number of hydrogen-bond acceptors (Lipinski definition) is 8. The van der Waals surface area contributed by atoms with Gasteiger partial charge in [-0.15, -0.1) is 0 Å². The van der Waals surface area contributed by atoms with Gasteiger partial charge in [-0.05, 0) is 12.1 Å². The summed E-state index contributed by atoms with van der Waals surface area (Å²) in [6, 6.07) is 2.80. The van der Waals surface area contributed by atoms with Crippen LogP contribution >= 0.6 is 0 Å². The number of hydrogen-bond donors (Lipinski definition) is 0. The fourth-order valence-electron chi connectivity index (χ4n) is 2.11. The molecule has 1 fully saturated rings. The Labute approximate surface area is 138 Å². The molecule has 2 rings (SSSR count). The molecule has 1 heterocycles.